The Kier molecular flexibility index (Phi) is 7.79. The molecule has 3 unspecified atom stereocenters. The van der Waals surface area contributed by atoms with Crippen LogP contribution in [0, 0.1) is 16.7 Å². The SMILES string of the molecule is CC(C)(C)C1CN(C2(C#N)COCC2O[Si](c2ccccc2)(c2ccccc2)C(C)(C)C)CCN1C(=O)O. The van der Waals surface area contributed by atoms with Gasteiger partial charge in [0.25, 0.3) is 8.32 Å². The summed E-state index contributed by atoms with van der Waals surface area (Å²) in [5.74, 6) is 0. The van der Waals surface area contributed by atoms with E-state index in [1.807, 2.05) is 12.1 Å². The maximum absolute atomic E-state index is 12.1. The van der Waals surface area contributed by atoms with Crippen LogP contribution < -0.4 is 10.4 Å². The Morgan fingerprint density at radius 1 is 1.03 bits per heavy atom. The zero-order valence-electron chi connectivity index (χ0n) is 23.5. The third-order valence-corrected chi connectivity index (χ3v) is 13.3. The number of nitrogens with zero attached hydrogens (tertiary/aromatic N) is 3. The molecule has 38 heavy (non-hydrogen) atoms. The largest absolute Gasteiger partial charge is 0.465 e. The van der Waals surface area contributed by atoms with E-state index < -0.39 is 26.1 Å². The minimum absolute atomic E-state index is 0.232. The van der Waals surface area contributed by atoms with Crippen LogP contribution in [0.4, 0.5) is 4.79 Å². The van der Waals surface area contributed by atoms with Crippen molar-refractivity contribution in [1.29, 1.82) is 5.26 Å². The summed E-state index contributed by atoms with van der Waals surface area (Å²) in [6.45, 7) is 14.6. The van der Waals surface area contributed by atoms with E-state index in [2.05, 4.69) is 101 Å². The predicted molar refractivity (Wildman–Crippen MR) is 151 cm³/mol. The third-order valence-electron chi connectivity index (χ3n) is 8.24. The Morgan fingerprint density at radius 3 is 2.03 bits per heavy atom. The first-order valence-electron chi connectivity index (χ1n) is 13.4. The van der Waals surface area contributed by atoms with E-state index in [4.69, 9.17) is 9.16 Å². The van der Waals surface area contributed by atoms with Gasteiger partial charge in [-0.05, 0) is 20.8 Å². The molecule has 4 rings (SSSR count). The third kappa shape index (κ3) is 4.89. The molecule has 3 atom stereocenters. The average molecular weight is 536 g/mol. The molecule has 0 radical (unpaired) electrons. The van der Waals surface area contributed by atoms with Crippen molar-refractivity contribution in [3.63, 3.8) is 0 Å². The summed E-state index contributed by atoms with van der Waals surface area (Å²) < 4.78 is 13.5. The summed E-state index contributed by atoms with van der Waals surface area (Å²) in [4.78, 5) is 15.7. The Hall–Kier alpha value is -2.70. The van der Waals surface area contributed by atoms with Crippen LogP contribution in [0.15, 0.2) is 60.7 Å². The van der Waals surface area contributed by atoms with Gasteiger partial charge in [-0.15, -0.1) is 0 Å². The quantitative estimate of drug-likeness (QED) is 0.584. The van der Waals surface area contributed by atoms with Crippen LogP contribution in [0.3, 0.4) is 0 Å². The highest BCUT2D eigenvalue weighted by Crippen LogP contribution is 2.42. The first-order chi connectivity index (χ1) is 17.9. The van der Waals surface area contributed by atoms with E-state index in [9.17, 15) is 15.2 Å². The molecule has 2 saturated heterocycles. The van der Waals surface area contributed by atoms with Gasteiger partial charge in [0.05, 0.1) is 25.3 Å². The molecule has 0 aromatic heterocycles. The molecule has 8 heteroatoms. The maximum atomic E-state index is 12.1. The van der Waals surface area contributed by atoms with E-state index >= 15 is 0 Å². The van der Waals surface area contributed by atoms with Crippen LogP contribution in [0.25, 0.3) is 0 Å². The molecule has 7 nitrogen and oxygen atoms in total. The van der Waals surface area contributed by atoms with E-state index in [1.54, 1.807) is 0 Å². The highest BCUT2D eigenvalue weighted by molar-refractivity contribution is 6.99. The predicted octanol–water partition coefficient (Wildman–Crippen LogP) is 3.93. The summed E-state index contributed by atoms with van der Waals surface area (Å²) >= 11 is 0. The van der Waals surface area contributed by atoms with Gasteiger partial charge in [0.15, 0.2) is 5.54 Å². The summed E-state index contributed by atoms with van der Waals surface area (Å²) in [5.41, 5.74) is -1.30. The van der Waals surface area contributed by atoms with Gasteiger partial charge in [0.2, 0.25) is 0 Å². The second-order valence-corrected chi connectivity index (χ2v) is 16.9. The lowest BCUT2D eigenvalue weighted by molar-refractivity contribution is -0.0337. The normalized spacial score (nSPS) is 25.2. The molecule has 2 aliphatic rings. The van der Waals surface area contributed by atoms with Crippen LogP contribution in [-0.4, -0.2) is 79.8 Å². The number of ether oxygens (including phenoxy) is 1. The molecule has 1 amide bonds. The van der Waals surface area contributed by atoms with Crippen LogP contribution >= 0.6 is 0 Å². The molecular weight excluding hydrogens is 494 g/mol. The second kappa shape index (κ2) is 10.5. The molecule has 2 aromatic carbocycles. The fourth-order valence-corrected chi connectivity index (χ4v) is 10.9. The first-order valence-corrected chi connectivity index (χ1v) is 15.3. The summed E-state index contributed by atoms with van der Waals surface area (Å²) in [6, 6.07) is 23.2. The Bertz CT molecular complexity index is 1120. The minimum Gasteiger partial charge on any atom is -0.465 e. The molecule has 0 aliphatic carbocycles. The van der Waals surface area contributed by atoms with E-state index in [1.165, 1.54) is 4.90 Å². The van der Waals surface area contributed by atoms with Crippen molar-refractivity contribution in [3.8, 4) is 6.07 Å². The van der Waals surface area contributed by atoms with Crippen molar-refractivity contribution in [2.45, 2.75) is 64.3 Å². The Labute approximate surface area is 228 Å². The molecule has 0 spiro atoms. The zero-order valence-corrected chi connectivity index (χ0v) is 24.5. The number of benzene rings is 2. The van der Waals surface area contributed by atoms with Crippen LogP contribution in [0.1, 0.15) is 41.5 Å². The van der Waals surface area contributed by atoms with Crippen LogP contribution in [0.2, 0.25) is 5.04 Å². The molecule has 2 aliphatic heterocycles. The maximum Gasteiger partial charge on any atom is 0.407 e. The van der Waals surface area contributed by atoms with E-state index in [0.717, 1.165) is 10.4 Å². The lowest BCUT2D eigenvalue weighted by Gasteiger charge is -2.52. The van der Waals surface area contributed by atoms with Gasteiger partial charge < -0.3 is 19.2 Å². The summed E-state index contributed by atoms with van der Waals surface area (Å²) in [6.07, 6.45) is -1.41. The summed E-state index contributed by atoms with van der Waals surface area (Å²) in [5, 5.41) is 22.7. The van der Waals surface area contributed by atoms with Crippen molar-refractivity contribution >= 4 is 24.8 Å². The number of piperazine rings is 1. The molecule has 2 aromatic rings. The average Bonchev–Trinajstić information content (AvgIpc) is 3.30. The van der Waals surface area contributed by atoms with Crippen molar-refractivity contribution in [2.75, 3.05) is 32.8 Å². The number of nitriles is 1. The van der Waals surface area contributed by atoms with Gasteiger partial charge in [-0.2, -0.15) is 5.26 Å². The number of rotatable bonds is 5. The van der Waals surface area contributed by atoms with E-state index in [-0.39, 0.29) is 23.1 Å². The molecule has 1 N–H and O–H groups in total. The molecule has 2 fully saturated rings. The molecular formula is C30H41N3O4Si. The molecule has 0 saturated carbocycles. The number of amides is 1. The number of hydrogen-bond acceptors (Lipinski definition) is 5. The van der Waals surface area contributed by atoms with Crippen LogP contribution in [-0.2, 0) is 9.16 Å². The highest BCUT2D eigenvalue weighted by atomic mass is 28.4. The zero-order chi connectivity index (χ0) is 27.8. The monoisotopic (exact) mass is 535 g/mol. The van der Waals surface area contributed by atoms with Gasteiger partial charge >= 0.3 is 6.09 Å². The van der Waals surface area contributed by atoms with E-state index in [0.29, 0.717) is 26.2 Å². The van der Waals surface area contributed by atoms with Crippen LogP contribution in [0.5, 0.6) is 0 Å². The molecule has 204 valence electrons. The van der Waals surface area contributed by atoms with Gasteiger partial charge in [-0.3, -0.25) is 4.90 Å². The fraction of sp³-hybridized carbons (Fsp3) is 0.533. The highest BCUT2D eigenvalue weighted by Gasteiger charge is 2.59. The topological polar surface area (TPSA) is 86.0 Å². The van der Waals surface area contributed by atoms with Crippen molar-refractivity contribution in [3.05, 3.63) is 60.7 Å². The smallest absolute Gasteiger partial charge is 0.407 e. The number of hydrogen-bond donors (Lipinski definition) is 1. The number of carboxylic acid groups (broad SMARTS) is 1. The van der Waals surface area contributed by atoms with Crippen molar-refractivity contribution in [2.24, 2.45) is 5.41 Å². The first kappa shape index (κ1) is 28.3. The Morgan fingerprint density at radius 2 is 1.58 bits per heavy atom. The van der Waals surface area contributed by atoms with Gasteiger partial charge in [-0.1, -0.05) is 102 Å². The van der Waals surface area contributed by atoms with Gasteiger partial charge in [-0.25, -0.2) is 4.79 Å². The summed E-state index contributed by atoms with van der Waals surface area (Å²) in [7, 11) is -2.93. The second-order valence-electron chi connectivity index (χ2n) is 12.6. The fourth-order valence-electron chi connectivity index (χ4n) is 6.17. The molecule has 0 bridgehead atoms. The lowest BCUT2D eigenvalue weighted by atomic mass is 9.82. The van der Waals surface area contributed by atoms with Gasteiger partial charge in [0, 0.05) is 19.6 Å². The standard InChI is InChI=1S/C30H41N3O4Si/c1-28(2,3)25-19-32(17-18-33(25)27(34)35)30(21-31)22-36-20-26(30)37-38(29(4,5)6,23-13-9-7-10-14-23)24-15-11-8-12-16-24/h7-16,25-26H,17-20,22H2,1-6H3,(H,34,35). The Balaban J connectivity index is 1.80. The minimum atomic E-state index is -2.93. The number of carbonyl (C=O) groups is 1. The molecule has 2 heterocycles. The lowest BCUT2D eigenvalue weighted by Crippen LogP contribution is -2.72. The van der Waals surface area contributed by atoms with Crippen molar-refractivity contribution < 1.29 is 19.1 Å². The van der Waals surface area contributed by atoms with Crippen molar-refractivity contribution in [1.82, 2.24) is 9.80 Å². The van der Waals surface area contributed by atoms with Gasteiger partial charge in [0.1, 0.15) is 6.10 Å².